The topological polar surface area (TPSA) is 109 Å². The van der Waals surface area contributed by atoms with E-state index in [0.29, 0.717) is 22.5 Å². The molecular formula is C19H20BrN3O6S. The molecule has 0 bridgehead atoms. The molecule has 0 aliphatic carbocycles. The van der Waals surface area contributed by atoms with Crippen LogP contribution in [0.1, 0.15) is 23.9 Å². The summed E-state index contributed by atoms with van der Waals surface area (Å²) in [5, 5.41) is 2.70. The molecule has 0 spiro atoms. The fraction of sp³-hybridized carbons (Fsp3) is 0.368. The van der Waals surface area contributed by atoms with E-state index < -0.39 is 16.1 Å². The Hall–Kier alpha value is -2.37. The molecule has 2 aromatic rings. The number of ether oxygens (including phenoxy) is 1. The highest BCUT2D eigenvalue weighted by Gasteiger charge is 2.33. The Morgan fingerprint density at radius 1 is 1.20 bits per heavy atom. The largest absolute Gasteiger partial charge is 0.478 e. The van der Waals surface area contributed by atoms with Gasteiger partial charge in [-0.1, -0.05) is 6.92 Å². The number of carbonyl (C=O) groups is 2. The molecular weight excluding hydrogens is 478 g/mol. The molecule has 1 fully saturated rings. The summed E-state index contributed by atoms with van der Waals surface area (Å²) < 4.78 is 38.8. The number of carbonyl (C=O) groups excluding carboxylic acids is 2. The van der Waals surface area contributed by atoms with E-state index in [0.717, 1.165) is 0 Å². The molecule has 30 heavy (non-hydrogen) atoms. The van der Waals surface area contributed by atoms with Crippen LogP contribution in [-0.4, -0.2) is 61.7 Å². The summed E-state index contributed by atoms with van der Waals surface area (Å²) in [5.41, 5.74) is 0.336. The molecule has 9 nitrogen and oxygen atoms in total. The number of amides is 2. The summed E-state index contributed by atoms with van der Waals surface area (Å²) >= 11 is 3.16. The van der Waals surface area contributed by atoms with Gasteiger partial charge in [0.1, 0.15) is 5.75 Å². The third-order valence-corrected chi connectivity index (χ3v) is 7.41. The van der Waals surface area contributed by atoms with Gasteiger partial charge in [0.2, 0.25) is 10.0 Å². The van der Waals surface area contributed by atoms with Crippen molar-refractivity contribution in [3.05, 3.63) is 40.8 Å². The van der Waals surface area contributed by atoms with Crippen molar-refractivity contribution in [2.75, 3.05) is 31.5 Å². The monoisotopic (exact) mass is 497 g/mol. The van der Waals surface area contributed by atoms with Crippen LogP contribution in [0.5, 0.6) is 5.75 Å². The number of anilines is 1. The van der Waals surface area contributed by atoms with Crippen LogP contribution in [-0.2, 0) is 14.8 Å². The van der Waals surface area contributed by atoms with E-state index in [1.165, 1.54) is 16.4 Å². The van der Waals surface area contributed by atoms with Crippen LogP contribution < -0.4 is 10.1 Å². The second-order valence-electron chi connectivity index (χ2n) is 6.96. The molecule has 2 amide bonds. The maximum absolute atomic E-state index is 13.1. The Kier molecular flexibility index (Phi) is 5.60. The fourth-order valence-corrected chi connectivity index (χ4v) is 5.18. The van der Waals surface area contributed by atoms with Gasteiger partial charge in [0, 0.05) is 26.2 Å². The van der Waals surface area contributed by atoms with Gasteiger partial charge in [0.15, 0.2) is 16.5 Å². The lowest BCUT2D eigenvalue weighted by Crippen LogP contribution is -2.50. The summed E-state index contributed by atoms with van der Waals surface area (Å²) in [7, 11) is -3.78. The first-order chi connectivity index (χ1) is 14.3. The van der Waals surface area contributed by atoms with Gasteiger partial charge in [0.05, 0.1) is 10.6 Å². The Morgan fingerprint density at radius 2 is 1.93 bits per heavy atom. The van der Waals surface area contributed by atoms with Gasteiger partial charge in [-0.2, -0.15) is 4.31 Å². The van der Waals surface area contributed by atoms with E-state index >= 15 is 0 Å². The molecule has 2 aliphatic heterocycles. The summed E-state index contributed by atoms with van der Waals surface area (Å²) in [6, 6.07) is 7.64. The van der Waals surface area contributed by atoms with E-state index in [4.69, 9.17) is 9.15 Å². The van der Waals surface area contributed by atoms with E-state index in [9.17, 15) is 18.0 Å². The van der Waals surface area contributed by atoms with Crippen LogP contribution in [0.3, 0.4) is 0 Å². The van der Waals surface area contributed by atoms with E-state index in [2.05, 4.69) is 21.2 Å². The van der Waals surface area contributed by atoms with Gasteiger partial charge < -0.3 is 19.4 Å². The first-order valence-electron chi connectivity index (χ1n) is 9.46. The van der Waals surface area contributed by atoms with E-state index in [-0.39, 0.29) is 48.6 Å². The number of halogens is 1. The van der Waals surface area contributed by atoms with E-state index in [1.54, 1.807) is 23.1 Å². The average Bonchev–Trinajstić information content (AvgIpc) is 3.18. The van der Waals surface area contributed by atoms with Crippen molar-refractivity contribution in [2.24, 2.45) is 0 Å². The second kappa shape index (κ2) is 8.05. The molecule has 1 atom stereocenters. The van der Waals surface area contributed by atoms with Crippen LogP contribution in [0.4, 0.5) is 5.69 Å². The molecule has 160 valence electrons. The predicted octanol–water partition coefficient (Wildman–Crippen LogP) is 2.30. The van der Waals surface area contributed by atoms with Gasteiger partial charge in [-0.3, -0.25) is 9.59 Å². The van der Waals surface area contributed by atoms with Crippen LogP contribution in [0.2, 0.25) is 0 Å². The number of piperazine rings is 1. The van der Waals surface area contributed by atoms with Gasteiger partial charge >= 0.3 is 0 Å². The summed E-state index contributed by atoms with van der Waals surface area (Å²) in [6.45, 7) is 2.66. The first kappa shape index (κ1) is 20.9. The minimum absolute atomic E-state index is 0.0647. The molecule has 1 saturated heterocycles. The quantitative estimate of drug-likeness (QED) is 0.693. The molecule has 4 rings (SSSR count). The number of benzene rings is 1. The number of rotatable bonds is 4. The highest BCUT2D eigenvalue weighted by molar-refractivity contribution is 9.10. The lowest BCUT2D eigenvalue weighted by Gasteiger charge is -2.33. The van der Waals surface area contributed by atoms with Crippen molar-refractivity contribution in [2.45, 2.75) is 24.3 Å². The molecule has 11 heteroatoms. The number of nitrogens with zero attached hydrogens (tertiary/aromatic N) is 2. The van der Waals surface area contributed by atoms with E-state index in [1.807, 2.05) is 6.92 Å². The minimum atomic E-state index is -3.78. The number of hydrogen-bond donors (Lipinski definition) is 1. The molecule has 1 aromatic carbocycles. The lowest BCUT2D eigenvalue weighted by atomic mass is 10.2. The molecule has 2 aliphatic rings. The van der Waals surface area contributed by atoms with Gasteiger partial charge in [-0.25, -0.2) is 8.42 Å². The minimum Gasteiger partial charge on any atom is -0.478 e. The molecule has 1 N–H and O–H groups in total. The molecule has 0 radical (unpaired) electrons. The van der Waals surface area contributed by atoms with Gasteiger partial charge in [-0.15, -0.1) is 0 Å². The number of sulfonamides is 1. The lowest BCUT2D eigenvalue weighted by molar-refractivity contribution is -0.123. The zero-order valence-electron chi connectivity index (χ0n) is 16.1. The van der Waals surface area contributed by atoms with Gasteiger partial charge in [0.25, 0.3) is 11.8 Å². The van der Waals surface area contributed by atoms with Crippen molar-refractivity contribution in [3.63, 3.8) is 0 Å². The Labute approximate surface area is 182 Å². The van der Waals surface area contributed by atoms with Crippen molar-refractivity contribution >= 4 is 43.5 Å². The summed E-state index contributed by atoms with van der Waals surface area (Å²) in [6.07, 6.45) is -0.0659. The number of fused-ring (bicyclic) bond motifs is 1. The average molecular weight is 498 g/mol. The second-order valence-corrected chi connectivity index (χ2v) is 9.68. The third kappa shape index (κ3) is 3.84. The van der Waals surface area contributed by atoms with Crippen LogP contribution in [0.25, 0.3) is 0 Å². The smallest absolute Gasteiger partial charge is 0.289 e. The summed E-state index contributed by atoms with van der Waals surface area (Å²) in [4.78, 5) is 26.1. The normalized spacial score (nSPS) is 19.7. The van der Waals surface area contributed by atoms with Crippen molar-refractivity contribution in [1.29, 1.82) is 0 Å². The maximum atomic E-state index is 13.1. The number of furan rings is 1. The Balaban J connectivity index is 1.47. The predicted molar refractivity (Wildman–Crippen MR) is 111 cm³/mol. The third-order valence-electron chi connectivity index (χ3n) is 5.09. The Morgan fingerprint density at radius 3 is 2.57 bits per heavy atom. The van der Waals surface area contributed by atoms with Crippen molar-refractivity contribution in [3.8, 4) is 5.75 Å². The molecule has 1 aromatic heterocycles. The number of nitrogens with one attached hydrogen (secondary N) is 1. The highest BCUT2D eigenvalue weighted by atomic mass is 79.9. The molecule has 0 unspecified atom stereocenters. The zero-order valence-corrected chi connectivity index (χ0v) is 18.5. The fourth-order valence-electron chi connectivity index (χ4n) is 3.42. The van der Waals surface area contributed by atoms with Crippen molar-refractivity contribution < 1.29 is 27.2 Å². The van der Waals surface area contributed by atoms with Gasteiger partial charge in [-0.05, 0) is 52.7 Å². The summed E-state index contributed by atoms with van der Waals surface area (Å²) in [5.74, 6) is 0.0718. The SMILES string of the molecule is CC[C@H]1Oc2ccc(S(=O)(=O)N3CCN(C(=O)c4ccc(Br)o4)CC3)cc2NC1=O. The van der Waals surface area contributed by atoms with Crippen LogP contribution >= 0.6 is 15.9 Å². The molecule has 0 saturated carbocycles. The maximum Gasteiger partial charge on any atom is 0.289 e. The van der Waals surface area contributed by atoms with Crippen LogP contribution in [0, 0.1) is 0 Å². The van der Waals surface area contributed by atoms with Crippen LogP contribution in [0.15, 0.2) is 44.3 Å². The highest BCUT2D eigenvalue weighted by Crippen LogP contribution is 2.33. The zero-order chi connectivity index (χ0) is 21.5. The standard InChI is InChI=1S/C19H20BrN3O6S/c1-2-14-18(24)21-13-11-12(3-4-15(13)28-14)30(26,27)23-9-7-22(8-10-23)19(25)16-5-6-17(20)29-16/h3-6,11,14H,2,7-10H2,1H3,(H,21,24)/t14-/m1/s1. The first-order valence-corrected chi connectivity index (χ1v) is 11.7. The molecule has 3 heterocycles. The van der Waals surface area contributed by atoms with Crippen molar-refractivity contribution in [1.82, 2.24) is 9.21 Å². The number of hydrogen-bond acceptors (Lipinski definition) is 6. The Bertz CT molecular complexity index is 1090.